The number of pyridine rings is 1. The number of rotatable bonds is 7. The maximum atomic E-state index is 5.66. The van der Waals surface area contributed by atoms with Crippen molar-refractivity contribution in [3.8, 4) is 0 Å². The van der Waals surface area contributed by atoms with Crippen molar-refractivity contribution in [2.45, 2.75) is 46.1 Å². The lowest BCUT2D eigenvalue weighted by Crippen LogP contribution is -2.33. The molecule has 3 nitrogen and oxygen atoms in total. The fourth-order valence-corrected chi connectivity index (χ4v) is 2.11. The zero-order chi connectivity index (χ0) is 12.7. The highest BCUT2D eigenvalue weighted by Gasteiger charge is 2.11. The van der Waals surface area contributed by atoms with Gasteiger partial charge in [0.05, 0.1) is 0 Å². The first-order valence-electron chi connectivity index (χ1n) is 6.57. The molecule has 1 atom stereocenters. The Bertz CT molecular complexity index is 323. The van der Waals surface area contributed by atoms with Crippen molar-refractivity contribution in [3.63, 3.8) is 0 Å². The number of aromatic nitrogens is 1. The van der Waals surface area contributed by atoms with Crippen LogP contribution in [0.15, 0.2) is 18.3 Å². The van der Waals surface area contributed by atoms with Gasteiger partial charge >= 0.3 is 0 Å². The molecule has 0 aliphatic rings. The van der Waals surface area contributed by atoms with Crippen LogP contribution in [-0.2, 0) is 6.42 Å². The highest BCUT2D eigenvalue weighted by molar-refractivity contribution is 5.31. The quantitative estimate of drug-likeness (QED) is 0.764. The van der Waals surface area contributed by atoms with E-state index < -0.39 is 0 Å². The molecular formula is C14H25N3. The van der Waals surface area contributed by atoms with Gasteiger partial charge in [0.15, 0.2) is 0 Å². The highest BCUT2D eigenvalue weighted by atomic mass is 14.9. The molecule has 1 aromatic rings. The Morgan fingerprint density at radius 3 is 2.76 bits per heavy atom. The zero-order valence-corrected chi connectivity index (χ0v) is 11.2. The minimum absolute atomic E-state index is 0.620. The van der Waals surface area contributed by atoms with E-state index in [9.17, 15) is 0 Å². The number of nitrogens with two attached hydrogens (primary N) is 1. The summed E-state index contributed by atoms with van der Waals surface area (Å²) < 4.78 is 0. The molecule has 17 heavy (non-hydrogen) atoms. The Morgan fingerprint density at radius 2 is 2.18 bits per heavy atom. The molecule has 96 valence electrons. The normalized spacial score (nSPS) is 12.9. The molecule has 0 saturated heterocycles. The van der Waals surface area contributed by atoms with E-state index in [1.165, 1.54) is 18.4 Å². The van der Waals surface area contributed by atoms with Crippen molar-refractivity contribution in [1.29, 1.82) is 0 Å². The van der Waals surface area contributed by atoms with Crippen molar-refractivity contribution in [3.05, 3.63) is 23.9 Å². The molecule has 3 heteroatoms. The van der Waals surface area contributed by atoms with Crippen LogP contribution >= 0.6 is 0 Å². The molecule has 0 aliphatic heterocycles. The second kappa shape index (κ2) is 7.28. The van der Waals surface area contributed by atoms with Crippen LogP contribution in [-0.4, -0.2) is 17.6 Å². The maximum Gasteiger partial charge on any atom is 0.123 e. The fraction of sp³-hybridized carbons (Fsp3) is 0.643. The Morgan fingerprint density at radius 1 is 1.41 bits per heavy atom. The third-order valence-electron chi connectivity index (χ3n) is 3.10. The number of hydrogen-bond acceptors (Lipinski definition) is 3. The summed E-state index contributed by atoms with van der Waals surface area (Å²) in [6.07, 6.45) is 5.28. The number of hydrogen-bond donors (Lipinski definition) is 2. The van der Waals surface area contributed by atoms with Crippen LogP contribution in [0, 0.1) is 5.92 Å². The third kappa shape index (κ3) is 5.18. The third-order valence-corrected chi connectivity index (χ3v) is 3.10. The van der Waals surface area contributed by atoms with Crippen LogP contribution in [0.5, 0.6) is 0 Å². The number of nitrogens with zero attached hydrogens (tertiary/aromatic N) is 1. The second-order valence-electron chi connectivity index (χ2n) is 4.89. The molecule has 0 saturated carbocycles. The predicted molar refractivity (Wildman–Crippen MR) is 73.9 cm³/mol. The summed E-state index contributed by atoms with van der Waals surface area (Å²) in [6.45, 7) is 7.76. The molecule has 1 rings (SSSR count). The van der Waals surface area contributed by atoms with Crippen LogP contribution in [0.25, 0.3) is 0 Å². The highest BCUT2D eigenvalue weighted by Crippen LogP contribution is 2.12. The van der Waals surface area contributed by atoms with Crippen LogP contribution in [0.1, 0.15) is 39.2 Å². The van der Waals surface area contributed by atoms with E-state index in [0.717, 1.165) is 13.0 Å². The minimum Gasteiger partial charge on any atom is -0.384 e. The van der Waals surface area contributed by atoms with Gasteiger partial charge in [0.25, 0.3) is 0 Å². The van der Waals surface area contributed by atoms with Crippen LogP contribution < -0.4 is 11.1 Å². The van der Waals surface area contributed by atoms with Crippen molar-refractivity contribution in [2.24, 2.45) is 5.92 Å². The van der Waals surface area contributed by atoms with Gasteiger partial charge in [0.1, 0.15) is 5.82 Å². The van der Waals surface area contributed by atoms with Gasteiger partial charge in [-0.3, -0.25) is 0 Å². The predicted octanol–water partition coefficient (Wildman–Crippen LogP) is 2.62. The van der Waals surface area contributed by atoms with Crippen LogP contribution in [0.2, 0.25) is 0 Å². The number of nitrogen functional groups attached to an aromatic ring is 1. The summed E-state index contributed by atoms with van der Waals surface area (Å²) in [5, 5.41) is 3.54. The van der Waals surface area contributed by atoms with Gasteiger partial charge in [-0.1, -0.05) is 20.8 Å². The molecule has 0 fully saturated rings. The lowest BCUT2D eigenvalue weighted by Gasteiger charge is -2.21. The molecule has 0 radical (unpaired) electrons. The molecule has 1 aromatic heterocycles. The first-order valence-corrected chi connectivity index (χ1v) is 6.57. The summed E-state index contributed by atoms with van der Waals surface area (Å²) in [6, 6.07) is 4.64. The topological polar surface area (TPSA) is 50.9 Å². The zero-order valence-electron chi connectivity index (χ0n) is 11.2. The first-order chi connectivity index (χ1) is 8.13. The van der Waals surface area contributed by atoms with Crippen LogP contribution in [0.4, 0.5) is 5.82 Å². The Balaban J connectivity index is 2.35. The molecule has 1 unspecified atom stereocenters. The molecule has 0 aliphatic carbocycles. The lowest BCUT2D eigenvalue weighted by molar-refractivity contribution is 0.377. The average molecular weight is 235 g/mol. The van der Waals surface area contributed by atoms with E-state index in [2.05, 4.69) is 31.1 Å². The van der Waals surface area contributed by atoms with E-state index >= 15 is 0 Å². The summed E-state index contributed by atoms with van der Waals surface area (Å²) in [5.41, 5.74) is 6.95. The molecule has 0 aromatic carbocycles. The van der Waals surface area contributed by atoms with E-state index in [1.807, 2.05) is 12.1 Å². The van der Waals surface area contributed by atoms with Gasteiger partial charge in [-0.25, -0.2) is 4.98 Å². The largest absolute Gasteiger partial charge is 0.384 e. The summed E-state index contributed by atoms with van der Waals surface area (Å²) >= 11 is 0. The molecule has 1 heterocycles. The van der Waals surface area contributed by atoms with E-state index in [-0.39, 0.29) is 0 Å². The average Bonchev–Trinajstić information content (AvgIpc) is 2.28. The monoisotopic (exact) mass is 235 g/mol. The van der Waals surface area contributed by atoms with Crippen molar-refractivity contribution >= 4 is 5.82 Å². The van der Waals surface area contributed by atoms with E-state index in [4.69, 9.17) is 5.73 Å². The van der Waals surface area contributed by atoms with Gasteiger partial charge in [-0.2, -0.15) is 0 Å². The Kier molecular flexibility index (Phi) is 5.98. The van der Waals surface area contributed by atoms with Crippen LogP contribution in [0.3, 0.4) is 0 Å². The summed E-state index contributed by atoms with van der Waals surface area (Å²) in [5.74, 6) is 1.31. The van der Waals surface area contributed by atoms with Crippen molar-refractivity contribution in [2.75, 3.05) is 12.3 Å². The van der Waals surface area contributed by atoms with Gasteiger partial charge < -0.3 is 11.1 Å². The van der Waals surface area contributed by atoms with E-state index in [0.29, 0.717) is 17.8 Å². The first kappa shape index (κ1) is 14.0. The standard InChI is InChI=1S/C14H25N3/c1-4-16-13(11(2)3)7-5-6-12-8-9-17-14(15)10-12/h8-11,13,16H,4-7H2,1-3H3,(H2,15,17). The Labute approximate surface area is 105 Å². The number of aryl methyl sites for hydroxylation is 1. The SMILES string of the molecule is CCNC(CCCc1ccnc(N)c1)C(C)C. The smallest absolute Gasteiger partial charge is 0.123 e. The molecular weight excluding hydrogens is 210 g/mol. The van der Waals surface area contributed by atoms with Crippen molar-refractivity contribution < 1.29 is 0 Å². The molecule has 0 spiro atoms. The van der Waals surface area contributed by atoms with Gasteiger partial charge in [0, 0.05) is 12.2 Å². The van der Waals surface area contributed by atoms with Gasteiger partial charge in [-0.05, 0) is 49.4 Å². The lowest BCUT2D eigenvalue weighted by atomic mass is 9.97. The minimum atomic E-state index is 0.620. The molecule has 3 N–H and O–H groups in total. The van der Waals surface area contributed by atoms with Gasteiger partial charge in [-0.15, -0.1) is 0 Å². The van der Waals surface area contributed by atoms with E-state index in [1.54, 1.807) is 6.20 Å². The second-order valence-corrected chi connectivity index (χ2v) is 4.89. The molecule has 0 bridgehead atoms. The molecule has 0 amide bonds. The summed E-state index contributed by atoms with van der Waals surface area (Å²) in [4.78, 5) is 4.01. The Hall–Kier alpha value is -1.09. The fourth-order valence-electron chi connectivity index (χ4n) is 2.11. The number of nitrogens with one attached hydrogen (secondary N) is 1. The van der Waals surface area contributed by atoms with Gasteiger partial charge in [0.2, 0.25) is 0 Å². The number of anilines is 1. The van der Waals surface area contributed by atoms with Crippen molar-refractivity contribution in [1.82, 2.24) is 10.3 Å². The maximum absolute atomic E-state index is 5.66. The summed E-state index contributed by atoms with van der Waals surface area (Å²) in [7, 11) is 0.